The Morgan fingerprint density at radius 2 is 1.60 bits per heavy atom. The van der Waals surface area contributed by atoms with Crippen LogP contribution in [0.25, 0.3) is 0 Å². The van der Waals surface area contributed by atoms with Crippen LogP contribution in [0, 0.1) is 0 Å². The second kappa shape index (κ2) is 5.32. The largest absolute Gasteiger partial charge is 0.302 e. The van der Waals surface area contributed by atoms with Crippen LogP contribution in [0.1, 0.15) is 37.7 Å². The molecule has 0 amide bonds. The minimum atomic E-state index is -0.167. The van der Waals surface area contributed by atoms with Gasteiger partial charge in [0, 0.05) is 0 Å². The fourth-order valence-electron chi connectivity index (χ4n) is 2.43. The van der Waals surface area contributed by atoms with Gasteiger partial charge < -0.3 is 4.79 Å². The number of hydrogen-bond acceptors (Lipinski definition) is 1. The molecule has 1 fully saturated rings. The van der Waals surface area contributed by atoms with E-state index >= 15 is 0 Å². The summed E-state index contributed by atoms with van der Waals surface area (Å²) >= 11 is 0. The van der Waals surface area contributed by atoms with Gasteiger partial charge in [0.15, 0.2) is 0 Å². The van der Waals surface area contributed by atoms with Gasteiger partial charge in [-0.05, 0) is 18.4 Å². The van der Waals surface area contributed by atoms with E-state index in [1.807, 2.05) is 18.2 Å². The summed E-state index contributed by atoms with van der Waals surface area (Å²) < 4.78 is 0. The maximum absolute atomic E-state index is 11.3. The van der Waals surface area contributed by atoms with Crippen LogP contribution in [0.2, 0.25) is 0 Å². The van der Waals surface area contributed by atoms with E-state index in [0.717, 1.165) is 12.8 Å². The van der Waals surface area contributed by atoms with Crippen LogP contribution >= 0.6 is 12.4 Å². The van der Waals surface area contributed by atoms with Gasteiger partial charge in [-0.2, -0.15) is 0 Å². The molecule has 2 heteroatoms. The van der Waals surface area contributed by atoms with E-state index in [-0.39, 0.29) is 17.8 Å². The third-order valence-electron chi connectivity index (χ3n) is 3.32. The number of carbonyl (C=O) groups is 1. The van der Waals surface area contributed by atoms with Crippen LogP contribution < -0.4 is 0 Å². The van der Waals surface area contributed by atoms with E-state index in [2.05, 4.69) is 12.1 Å². The number of halogens is 1. The van der Waals surface area contributed by atoms with Crippen molar-refractivity contribution in [3.63, 3.8) is 0 Å². The number of benzene rings is 1. The van der Waals surface area contributed by atoms with Crippen LogP contribution in [0.3, 0.4) is 0 Å². The average molecular weight is 225 g/mol. The predicted molar refractivity (Wildman–Crippen MR) is 64.5 cm³/mol. The Kier molecular flexibility index (Phi) is 4.34. The first kappa shape index (κ1) is 12.3. The average Bonchev–Trinajstić information content (AvgIpc) is 2.31. The summed E-state index contributed by atoms with van der Waals surface area (Å²) in [5.74, 6) is 0. The lowest BCUT2D eigenvalue weighted by Crippen LogP contribution is -2.30. The first-order valence-corrected chi connectivity index (χ1v) is 5.39. The van der Waals surface area contributed by atoms with Gasteiger partial charge in [-0.25, -0.2) is 0 Å². The Balaban J connectivity index is 0.00000112. The van der Waals surface area contributed by atoms with Gasteiger partial charge in [0.25, 0.3) is 0 Å². The molecule has 1 aromatic carbocycles. The van der Waals surface area contributed by atoms with E-state index in [1.165, 1.54) is 31.1 Å². The highest BCUT2D eigenvalue weighted by Crippen LogP contribution is 2.37. The van der Waals surface area contributed by atoms with Gasteiger partial charge in [0.1, 0.15) is 6.29 Å². The van der Waals surface area contributed by atoms with Crippen molar-refractivity contribution in [1.82, 2.24) is 0 Å². The normalized spacial score (nSPS) is 18.9. The highest BCUT2D eigenvalue weighted by molar-refractivity contribution is 5.85. The van der Waals surface area contributed by atoms with Crippen molar-refractivity contribution in [1.29, 1.82) is 0 Å². The standard InChI is InChI=1S/C13H16O.ClH/c14-11-13(9-5-2-6-10-13)12-7-3-1-4-8-12;/h1,3-4,7-8,11H,2,5-6,9-10H2;1H. The summed E-state index contributed by atoms with van der Waals surface area (Å²) in [5.41, 5.74) is 1.04. The fourth-order valence-corrected chi connectivity index (χ4v) is 2.43. The number of hydrogen-bond donors (Lipinski definition) is 0. The van der Waals surface area contributed by atoms with Gasteiger partial charge in [0.05, 0.1) is 5.41 Å². The molecule has 82 valence electrons. The summed E-state index contributed by atoms with van der Waals surface area (Å²) in [6.45, 7) is 0. The molecule has 2 rings (SSSR count). The number of aldehydes is 1. The SMILES string of the molecule is Cl.O=CC1(c2ccccc2)CCCCC1. The lowest BCUT2D eigenvalue weighted by atomic mass is 9.70. The molecule has 0 aliphatic heterocycles. The number of carbonyl (C=O) groups excluding carboxylic acids is 1. The van der Waals surface area contributed by atoms with E-state index in [0.29, 0.717) is 0 Å². The first-order valence-electron chi connectivity index (χ1n) is 5.39. The zero-order valence-corrected chi connectivity index (χ0v) is 9.63. The highest BCUT2D eigenvalue weighted by atomic mass is 35.5. The van der Waals surface area contributed by atoms with Crippen molar-refractivity contribution in [2.45, 2.75) is 37.5 Å². The minimum Gasteiger partial charge on any atom is -0.302 e. The second-order valence-corrected chi connectivity index (χ2v) is 4.20. The summed E-state index contributed by atoms with van der Waals surface area (Å²) in [4.78, 5) is 11.3. The molecule has 0 spiro atoms. The fraction of sp³-hybridized carbons (Fsp3) is 0.462. The molecular weight excluding hydrogens is 208 g/mol. The molecule has 0 saturated heterocycles. The van der Waals surface area contributed by atoms with E-state index in [9.17, 15) is 4.79 Å². The summed E-state index contributed by atoms with van der Waals surface area (Å²) in [7, 11) is 0. The molecule has 1 aliphatic rings. The Labute approximate surface area is 97.3 Å². The lowest BCUT2D eigenvalue weighted by Gasteiger charge is -2.32. The molecular formula is C13H17ClO. The van der Waals surface area contributed by atoms with Crippen molar-refractivity contribution in [2.75, 3.05) is 0 Å². The molecule has 1 saturated carbocycles. The molecule has 15 heavy (non-hydrogen) atoms. The summed E-state index contributed by atoms with van der Waals surface area (Å²) in [6.07, 6.45) is 6.88. The molecule has 0 heterocycles. The van der Waals surface area contributed by atoms with Gasteiger partial charge >= 0.3 is 0 Å². The molecule has 0 N–H and O–H groups in total. The molecule has 0 aromatic heterocycles. The molecule has 0 atom stereocenters. The van der Waals surface area contributed by atoms with E-state index in [1.54, 1.807) is 0 Å². The minimum absolute atomic E-state index is 0. The van der Waals surface area contributed by atoms with Crippen LogP contribution in [0.4, 0.5) is 0 Å². The summed E-state index contributed by atoms with van der Waals surface area (Å²) in [5, 5.41) is 0. The maximum atomic E-state index is 11.3. The third kappa shape index (κ3) is 2.40. The monoisotopic (exact) mass is 224 g/mol. The zero-order chi connectivity index (χ0) is 9.86. The maximum Gasteiger partial charge on any atom is 0.130 e. The molecule has 0 unspecified atom stereocenters. The number of rotatable bonds is 2. The molecule has 1 aliphatic carbocycles. The van der Waals surface area contributed by atoms with Crippen molar-refractivity contribution < 1.29 is 4.79 Å². The van der Waals surface area contributed by atoms with Gasteiger partial charge in [-0.1, -0.05) is 49.6 Å². The molecule has 1 aromatic rings. The lowest BCUT2D eigenvalue weighted by molar-refractivity contribution is -0.113. The molecule has 1 nitrogen and oxygen atoms in total. The Morgan fingerprint density at radius 1 is 1.00 bits per heavy atom. The van der Waals surface area contributed by atoms with Crippen molar-refractivity contribution in [3.8, 4) is 0 Å². The second-order valence-electron chi connectivity index (χ2n) is 4.20. The van der Waals surface area contributed by atoms with Crippen molar-refractivity contribution >= 4 is 18.7 Å². The van der Waals surface area contributed by atoms with Gasteiger partial charge in [-0.3, -0.25) is 0 Å². The quantitative estimate of drug-likeness (QED) is 0.703. The van der Waals surface area contributed by atoms with Crippen LogP contribution in [0.15, 0.2) is 30.3 Å². The Bertz CT molecular complexity index is 302. The zero-order valence-electron chi connectivity index (χ0n) is 8.82. The smallest absolute Gasteiger partial charge is 0.130 e. The van der Waals surface area contributed by atoms with Crippen LogP contribution in [-0.4, -0.2) is 6.29 Å². The Morgan fingerprint density at radius 3 is 2.13 bits per heavy atom. The van der Waals surface area contributed by atoms with Crippen LogP contribution in [-0.2, 0) is 10.2 Å². The van der Waals surface area contributed by atoms with Gasteiger partial charge in [-0.15, -0.1) is 12.4 Å². The van der Waals surface area contributed by atoms with E-state index < -0.39 is 0 Å². The molecule has 0 bridgehead atoms. The third-order valence-corrected chi connectivity index (χ3v) is 3.32. The molecule has 0 radical (unpaired) electrons. The predicted octanol–water partition coefficient (Wildman–Crippen LogP) is 3.51. The van der Waals surface area contributed by atoms with Gasteiger partial charge in [0.2, 0.25) is 0 Å². The van der Waals surface area contributed by atoms with Crippen molar-refractivity contribution in [2.24, 2.45) is 0 Å². The van der Waals surface area contributed by atoms with E-state index in [4.69, 9.17) is 0 Å². The topological polar surface area (TPSA) is 17.1 Å². The van der Waals surface area contributed by atoms with Crippen LogP contribution in [0.5, 0.6) is 0 Å². The first-order chi connectivity index (χ1) is 6.87. The Hall–Kier alpha value is -0.820. The summed E-state index contributed by atoms with van der Waals surface area (Å²) in [6, 6.07) is 10.2. The highest BCUT2D eigenvalue weighted by Gasteiger charge is 2.33. The van der Waals surface area contributed by atoms with Crippen molar-refractivity contribution in [3.05, 3.63) is 35.9 Å².